The second-order valence-corrected chi connectivity index (χ2v) is 5.78. The first kappa shape index (κ1) is 14.7. The minimum atomic E-state index is -0.826. The van der Waals surface area contributed by atoms with Gasteiger partial charge in [0.25, 0.3) is 0 Å². The minimum absolute atomic E-state index is 0.0442. The van der Waals surface area contributed by atoms with E-state index in [1.54, 1.807) is 11.0 Å². The predicted octanol–water partition coefficient (Wildman–Crippen LogP) is 1.67. The first-order chi connectivity index (χ1) is 10.6. The van der Waals surface area contributed by atoms with Crippen molar-refractivity contribution in [3.63, 3.8) is 0 Å². The molecule has 1 amide bonds. The summed E-state index contributed by atoms with van der Waals surface area (Å²) >= 11 is 0. The van der Waals surface area contributed by atoms with Crippen molar-refractivity contribution >= 4 is 11.9 Å². The summed E-state index contributed by atoms with van der Waals surface area (Å²) in [6, 6.07) is 5.18. The Hall–Kier alpha value is -2.24. The van der Waals surface area contributed by atoms with Gasteiger partial charge in [-0.2, -0.15) is 0 Å². The van der Waals surface area contributed by atoms with Crippen molar-refractivity contribution in [3.8, 4) is 11.5 Å². The van der Waals surface area contributed by atoms with Gasteiger partial charge in [-0.05, 0) is 37.5 Å². The quantitative estimate of drug-likeness (QED) is 0.919. The lowest BCUT2D eigenvalue weighted by Crippen LogP contribution is -2.49. The highest BCUT2D eigenvalue weighted by Crippen LogP contribution is 2.33. The van der Waals surface area contributed by atoms with Gasteiger partial charge in [0.15, 0.2) is 11.5 Å². The number of ether oxygens (including phenoxy) is 2. The van der Waals surface area contributed by atoms with Gasteiger partial charge < -0.3 is 19.5 Å². The average Bonchev–Trinajstić information content (AvgIpc) is 2.94. The van der Waals surface area contributed by atoms with Crippen LogP contribution >= 0.6 is 0 Å². The predicted molar refractivity (Wildman–Crippen MR) is 77.8 cm³/mol. The normalized spacial score (nSPS) is 23.4. The van der Waals surface area contributed by atoms with Crippen LogP contribution in [0.1, 0.15) is 25.3 Å². The fourth-order valence-corrected chi connectivity index (χ4v) is 3.15. The Morgan fingerprint density at radius 1 is 1.32 bits per heavy atom. The summed E-state index contributed by atoms with van der Waals surface area (Å²) in [5, 5.41) is 9.24. The fourth-order valence-electron chi connectivity index (χ4n) is 3.15. The molecule has 3 rings (SSSR count). The molecule has 0 unspecified atom stereocenters. The van der Waals surface area contributed by atoms with Gasteiger partial charge in [0.05, 0.1) is 12.3 Å². The zero-order valence-corrected chi connectivity index (χ0v) is 12.4. The molecule has 2 heterocycles. The Bertz CT molecular complexity index is 600. The zero-order chi connectivity index (χ0) is 15.7. The number of hydrogen-bond donors (Lipinski definition) is 1. The van der Waals surface area contributed by atoms with Crippen LogP contribution in [0.4, 0.5) is 0 Å². The van der Waals surface area contributed by atoms with Crippen molar-refractivity contribution in [1.29, 1.82) is 0 Å². The Morgan fingerprint density at radius 2 is 2.09 bits per heavy atom. The number of carboxylic acid groups (broad SMARTS) is 1. The number of hydrogen-bond acceptors (Lipinski definition) is 4. The third-order valence-corrected chi connectivity index (χ3v) is 4.42. The molecular formula is C16H19NO5. The summed E-state index contributed by atoms with van der Waals surface area (Å²) in [6.07, 6.45) is 1.60. The van der Waals surface area contributed by atoms with Gasteiger partial charge >= 0.3 is 5.97 Å². The van der Waals surface area contributed by atoms with Crippen molar-refractivity contribution in [2.75, 3.05) is 13.3 Å². The van der Waals surface area contributed by atoms with Crippen molar-refractivity contribution in [1.82, 2.24) is 4.90 Å². The second kappa shape index (κ2) is 5.87. The molecule has 6 heteroatoms. The van der Waals surface area contributed by atoms with Crippen LogP contribution in [-0.4, -0.2) is 41.3 Å². The standard InChI is InChI=1S/C16H19NO5/c1-10-12(16(19)20)3-2-6-17(10)15(18)8-11-4-5-13-14(7-11)22-9-21-13/h4-5,7,10,12H,2-3,6,8-9H2,1H3,(H,19,20)/t10-,12-/m1/s1. The van der Waals surface area contributed by atoms with E-state index in [-0.39, 0.29) is 25.2 Å². The number of piperidine rings is 1. The van der Waals surface area contributed by atoms with E-state index < -0.39 is 11.9 Å². The number of nitrogens with zero attached hydrogens (tertiary/aromatic N) is 1. The zero-order valence-electron chi connectivity index (χ0n) is 12.4. The Kier molecular flexibility index (Phi) is 3.92. The maximum Gasteiger partial charge on any atom is 0.308 e. The summed E-state index contributed by atoms with van der Waals surface area (Å²) in [5.41, 5.74) is 0.846. The Morgan fingerprint density at radius 3 is 2.86 bits per heavy atom. The third-order valence-electron chi connectivity index (χ3n) is 4.42. The number of aliphatic carboxylic acids is 1. The molecule has 1 aromatic rings. The van der Waals surface area contributed by atoms with E-state index in [9.17, 15) is 14.7 Å². The summed E-state index contributed by atoms with van der Waals surface area (Å²) in [7, 11) is 0. The third kappa shape index (κ3) is 2.73. The molecule has 2 aliphatic heterocycles. The number of fused-ring (bicyclic) bond motifs is 1. The number of benzene rings is 1. The fraction of sp³-hybridized carbons (Fsp3) is 0.500. The largest absolute Gasteiger partial charge is 0.481 e. The van der Waals surface area contributed by atoms with E-state index in [0.29, 0.717) is 24.5 Å². The van der Waals surface area contributed by atoms with E-state index >= 15 is 0 Å². The number of amides is 1. The lowest BCUT2D eigenvalue weighted by atomic mass is 9.90. The molecule has 0 spiro atoms. The van der Waals surface area contributed by atoms with Crippen LogP contribution in [0.2, 0.25) is 0 Å². The molecule has 0 aromatic heterocycles. The molecule has 1 saturated heterocycles. The molecule has 0 aliphatic carbocycles. The molecule has 6 nitrogen and oxygen atoms in total. The smallest absolute Gasteiger partial charge is 0.308 e. The molecule has 2 atom stereocenters. The monoisotopic (exact) mass is 305 g/mol. The van der Waals surface area contributed by atoms with E-state index in [2.05, 4.69) is 0 Å². The number of rotatable bonds is 3. The van der Waals surface area contributed by atoms with Gasteiger partial charge in [-0.15, -0.1) is 0 Å². The summed E-state index contributed by atoms with van der Waals surface area (Å²) in [5.74, 6) is -0.00580. The maximum atomic E-state index is 12.5. The first-order valence-corrected chi connectivity index (χ1v) is 7.47. The molecule has 0 radical (unpaired) electrons. The number of carbonyl (C=O) groups is 2. The molecule has 1 aromatic carbocycles. The lowest BCUT2D eigenvalue weighted by molar-refractivity contribution is -0.148. The highest BCUT2D eigenvalue weighted by molar-refractivity contribution is 5.81. The van der Waals surface area contributed by atoms with Gasteiger partial charge in [0, 0.05) is 12.6 Å². The van der Waals surface area contributed by atoms with Crippen LogP contribution in [0.15, 0.2) is 18.2 Å². The van der Waals surface area contributed by atoms with Crippen LogP contribution in [0, 0.1) is 5.92 Å². The number of carbonyl (C=O) groups excluding carboxylic acids is 1. The van der Waals surface area contributed by atoms with Gasteiger partial charge in [-0.25, -0.2) is 0 Å². The van der Waals surface area contributed by atoms with Gasteiger partial charge in [-0.3, -0.25) is 9.59 Å². The van der Waals surface area contributed by atoms with Gasteiger partial charge in [0.2, 0.25) is 12.7 Å². The number of likely N-dealkylation sites (tertiary alicyclic amines) is 1. The molecular weight excluding hydrogens is 286 g/mol. The van der Waals surface area contributed by atoms with Crippen LogP contribution in [0.5, 0.6) is 11.5 Å². The van der Waals surface area contributed by atoms with Gasteiger partial charge in [-0.1, -0.05) is 6.07 Å². The van der Waals surface area contributed by atoms with Crippen LogP contribution in [0.3, 0.4) is 0 Å². The molecule has 1 fully saturated rings. The molecule has 118 valence electrons. The molecule has 22 heavy (non-hydrogen) atoms. The average molecular weight is 305 g/mol. The number of carboxylic acids is 1. The van der Waals surface area contributed by atoms with E-state index in [1.807, 2.05) is 19.1 Å². The van der Waals surface area contributed by atoms with E-state index in [0.717, 1.165) is 12.0 Å². The Labute approximate surface area is 128 Å². The Balaban J connectivity index is 1.70. The molecule has 0 bridgehead atoms. The minimum Gasteiger partial charge on any atom is -0.481 e. The van der Waals surface area contributed by atoms with Gasteiger partial charge in [0.1, 0.15) is 0 Å². The van der Waals surface area contributed by atoms with Crippen LogP contribution < -0.4 is 9.47 Å². The molecule has 0 saturated carbocycles. The summed E-state index contributed by atoms with van der Waals surface area (Å²) in [4.78, 5) is 25.4. The van der Waals surface area contributed by atoms with Crippen LogP contribution in [0.25, 0.3) is 0 Å². The highest BCUT2D eigenvalue weighted by Gasteiger charge is 2.35. The van der Waals surface area contributed by atoms with Crippen LogP contribution in [-0.2, 0) is 16.0 Å². The first-order valence-electron chi connectivity index (χ1n) is 7.47. The van der Waals surface area contributed by atoms with Crippen molar-refractivity contribution < 1.29 is 24.2 Å². The van der Waals surface area contributed by atoms with E-state index in [1.165, 1.54) is 0 Å². The maximum absolute atomic E-state index is 12.5. The topological polar surface area (TPSA) is 76.1 Å². The summed E-state index contributed by atoms with van der Waals surface area (Å²) in [6.45, 7) is 2.64. The molecule has 1 N–H and O–H groups in total. The summed E-state index contributed by atoms with van der Waals surface area (Å²) < 4.78 is 10.6. The van der Waals surface area contributed by atoms with Crippen molar-refractivity contribution in [2.24, 2.45) is 5.92 Å². The SMILES string of the molecule is C[C@@H]1[C@H](C(=O)O)CCCN1C(=O)Cc1ccc2c(c1)OCO2. The lowest BCUT2D eigenvalue weighted by Gasteiger charge is -2.37. The molecule has 2 aliphatic rings. The van der Waals surface area contributed by atoms with Crippen molar-refractivity contribution in [3.05, 3.63) is 23.8 Å². The van der Waals surface area contributed by atoms with Crippen molar-refractivity contribution in [2.45, 2.75) is 32.2 Å². The highest BCUT2D eigenvalue weighted by atomic mass is 16.7. The van der Waals surface area contributed by atoms with E-state index in [4.69, 9.17) is 9.47 Å². The second-order valence-electron chi connectivity index (χ2n) is 5.78.